The predicted molar refractivity (Wildman–Crippen MR) is 151 cm³/mol. The molecule has 0 unspecified atom stereocenters. The number of H-pyrrole nitrogens is 1. The van der Waals surface area contributed by atoms with Crippen molar-refractivity contribution < 1.29 is 14.6 Å². The Morgan fingerprint density at radius 1 is 1.21 bits per heavy atom. The summed E-state index contributed by atoms with van der Waals surface area (Å²) in [5.41, 5.74) is 8.70. The Labute approximate surface area is 229 Å². The summed E-state index contributed by atoms with van der Waals surface area (Å²) in [5, 5.41) is 9.19. The van der Waals surface area contributed by atoms with E-state index < -0.39 is 5.97 Å². The van der Waals surface area contributed by atoms with Crippen LogP contribution < -0.4 is 16.2 Å². The number of ether oxygens (including phenoxy) is 1. The number of aromatic amines is 1. The minimum atomic E-state index is -0.821. The number of aromatic nitrogens is 4. The smallest absolute Gasteiger partial charge is 0.327 e. The molecule has 1 aromatic carbocycles. The van der Waals surface area contributed by atoms with Gasteiger partial charge in [0.05, 0.1) is 13.0 Å². The van der Waals surface area contributed by atoms with Gasteiger partial charge in [-0.1, -0.05) is 37.6 Å². The largest absolute Gasteiger partial charge is 0.481 e. The van der Waals surface area contributed by atoms with Crippen LogP contribution in [-0.2, 0) is 24.3 Å². The van der Waals surface area contributed by atoms with Crippen molar-refractivity contribution in [1.29, 1.82) is 0 Å². The highest BCUT2D eigenvalue weighted by atomic mass is 16.5. The third-order valence-corrected chi connectivity index (χ3v) is 7.37. The summed E-state index contributed by atoms with van der Waals surface area (Å²) in [6.45, 7) is 6.88. The molecule has 3 heterocycles. The number of likely N-dealkylation sites (tertiary alicyclic amines) is 1. The highest BCUT2D eigenvalue weighted by Crippen LogP contribution is 2.21. The van der Waals surface area contributed by atoms with Crippen LogP contribution in [0.3, 0.4) is 0 Å². The maximum atomic E-state index is 12.7. The van der Waals surface area contributed by atoms with E-state index in [9.17, 15) is 14.7 Å². The summed E-state index contributed by atoms with van der Waals surface area (Å²) in [4.78, 5) is 40.2. The summed E-state index contributed by atoms with van der Waals surface area (Å²) in [6, 6.07) is 8.55. The van der Waals surface area contributed by atoms with Gasteiger partial charge in [0.1, 0.15) is 5.52 Å². The number of nitrogens with two attached hydrogens (primary N) is 1. The number of benzene rings is 1. The average Bonchev–Trinajstić information content (AvgIpc) is 3.22. The molecule has 11 nitrogen and oxygen atoms in total. The van der Waals surface area contributed by atoms with Crippen molar-refractivity contribution in [1.82, 2.24) is 29.3 Å². The van der Waals surface area contributed by atoms with Crippen LogP contribution in [-0.4, -0.2) is 79.7 Å². The molecule has 0 bridgehead atoms. The normalized spacial score (nSPS) is 14.8. The molecule has 212 valence electrons. The topological polar surface area (TPSA) is 143 Å². The van der Waals surface area contributed by atoms with E-state index in [-0.39, 0.29) is 23.9 Å². The van der Waals surface area contributed by atoms with Crippen LogP contribution in [0.2, 0.25) is 0 Å². The third-order valence-electron chi connectivity index (χ3n) is 7.37. The number of hydrogen-bond acceptors (Lipinski definition) is 8. The number of carboxylic acid groups (broad SMARTS) is 1. The van der Waals surface area contributed by atoms with Gasteiger partial charge >= 0.3 is 17.7 Å². The Morgan fingerprint density at radius 3 is 2.72 bits per heavy atom. The number of piperidine rings is 1. The van der Waals surface area contributed by atoms with Crippen LogP contribution in [0.15, 0.2) is 29.1 Å². The van der Waals surface area contributed by atoms with Gasteiger partial charge in [0.15, 0.2) is 11.5 Å². The molecule has 0 atom stereocenters. The molecule has 0 amide bonds. The second-order valence-corrected chi connectivity index (χ2v) is 10.5. The first-order valence-corrected chi connectivity index (χ1v) is 13.9. The number of carboxylic acids is 1. The molecule has 2 aromatic heterocycles. The van der Waals surface area contributed by atoms with Crippen molar-refractivity contribution in [2.75, 3.05) is 39.0 Å². The molecule has 11 heteroatoms. The lowest BCUT2D eigenvalue weighted by Crippen LogP contribution is -2.43. The lowest BCUT2D eigenvalue weighted by Gasteiger charge is -2.37. The second-order valence-electron chi connectivity index (χ2n) is 10.5. The summed E-state index contributed by atoms with van der Waals surface area (Å²) >= 11 is 0. The number of carbonyl (C=O) groups is 1. The van der Waals surface area contributed by atoms with E-state index in [0.29, 0.717) is 30.4 Å². The number of anilines is 1. The summed E-state index contributed by atoms with van der Waals surface area (Å²) in [6.07, 6.45) is 5.81. The van der Waals surface area contributed by atoms with Gasteiger partial charge in [-0.25, -0.2) is 4.79 Å². The number of fused-ring (bicyclic) bond motifs is 1. The molecule has 1 aliphatic rings. The number of imidazole rings is 1. The third kappa shape index (κ3) is 7.79. The van der Waals surface area contributed by atoms with Crippen molar-refractivity contribution in [3.8, 4) is 6.01 Å². The molecule has 1 fully saturated rings. The summed E-state index contributed by atoms with van der Waals surface area (Å²) in [5.74, 6) is -0.612. The first-order chi connectivity index (χ1) is 18.8. The van der Waals surface area contributed by atoms with Crippen LogP contribution in [0.1, 0.15) is 56.6 Å². The van der Waals surface area contributed by atoms with Crippen LogP contribution in [0, 0.1) is 0 Å². The number of hydrogen-bond donors (Lipinski definition) is 3. The van der Waals surface area contributed by atoms with Gasteiger partial charge in [0, 0.05) is 19.1 Å². The van der Waals surface area contributed by atoms with Crippen LogP contribution in [0.5, 0.6) is 6.01 Å². The van der Waals surface area contributed by atoms with Gasteiger partial charge < -0.3 is 25.5 Å². The Bertz CT molecular complexity index is 1300. The van der Waals surface area contributed by atoms with E-state index in [2.05, 4.69) is 44.8 Å². The zero-order valence-electron chi connectivity index (χ0n) is 23.1. The SMILES string of the molecule is CCCCOc1nc(N)c2[nH]c(=O)n(CCCCN(Cc3cccc(CC(=O)O)c3)C3CCN(C)CC3)c2n1. The average molecular weight is 540 g/mol. The van der Waals surface area contributed by atoms with Crippen LogP contribution >= 0.6 is 0 Å². The summed E-state index contributed by atoms with van der Waals surface area (Å²) in [7, 11) is 2.16. The van der Waals surface area contributed by atoms with Gasteiger partial charge in [-0.05, 0) is 69.9 Å². The molecular weight excluding hydrogens is 498 g/mol. The minimum Gasteiger partial charge on any atom is -0.481 e. The van der Waals surface area contributed by atoms with Gasteiger partial charge in [-0.15, -0.1) is 0 Å². The number of nitrogens with one attached hydrogen (secondary N) is 1. The number of nitrogens with zero attached hydrogens (tertiary/aromatic N) is 5. The maximum Gasteiger partial charge on any atom is 0.327 e. The van der Waals surface area contributed by atoms with Crippen molar-refractivity contribution in [2.24, 2.45) is 0 Å². The van der Waals surface area contributed by atoms with Gasteiger partial charge in [-0.2, -0.15) is 9.97 Å². The Hall–Kier alpha value is -3.44. The molecule has 3 aromatic rings. The molecular formula is C28H41N7O4. The zero-order chi connectivity index (χ0) is 27.8. The monoisotopic (exact) mass is 539 g/mol. The van der Waals surface area contributed by atoms with E-state index in [1.54, 1.807) is 4.57 Å². The summed E-state index contributed by atoms with van der Waals surface area (Å²) < 4.78 is 7.26. The van der Waals surface area contributed by atoms with E-state index in [0.717, 1.165) is 75.8 Å². The zero-order valence-corrected chi connectivity index (χ0v) is 23.1. The number of unbranched alkanes of at least 4 members (excludes halogenated alkanes) is 2. The molecule has 1 aliphatic heterocycles. The molecule has 4 N–H and O–H groups in total. The lowest BCUT2D eigenvalue weighted by molar-refractivity contribution is -0.136. The molecule has 0 saturated carbocycles. The highest BCUT2D eigenvalue weighted by Gasteiger charge is 2.23. The van der Waals surface area contributed by atoms with Crippen LogP contribution in [0.25, 0.3) is 11.2 Å². The lowest BCUT2D eigenvalue weighted by atomic mass is 10.0. The minimum absolute atomic E-state index is 0.0286. The fraction of sp³-hybridized carbons (Fsp3) is 0.571. The molecule has 4 rings (SSSR count). The number of rotatable bonds is 14. The highest BCUT2D eigenvalue weighted by molar-refractivity contribution is 5.81. The van der Waals surface area contributed by atoms with E-state index in [1.807, 2.05) is 18.2 Å². The van der Waals surface area contributed by atoms with Crippen molar-refractivity contribution in [3.05, 3.63) is 45.9 Å². The van der Waals surface area contributed by atoms with E-state index >= 15 is 0 Å². The Morgan fingerprint density at radius 2 is 1.97 bits per heavy atom. The maximum absolute atomic E-state index is 12.7. The van der Waals surface area contributed by atoms with Crippen molar-refractivity contribution in [2.45, 2.75) is 71.0 Å². The predicted octanol–water partition coefficient (Wildman–Crippen LogP) is 2.88. The molecule has 0 aliphatic carbocycles. The van der Waals surface area contributed by atoms with Gasteiger partial charge in [-0.3, -0.25) is 14.3 Å². The fourth-order valence-electron chi connectivity index (χ4n) is 5.19. The molecule has 0 radical (unpaired) electrons. The van der Waals surface area contributed by atoms with Crippen molar-refractivity contribution in [3.63, 3.8) is 0 Å². The molecule has 39 heavy (non-hydrogen) atoms. The van der Waals surface area contributed by atoms with Gasteiger partial charge in [0.2, 0.25) is 0 Å². The van der Waals surface area contributed by atoms with Crippen LogP contribution in [0.4, 0.5) is 5.82 Å². The quantitative estimate of drug-likeness (QED) is 0.264. The number of nitrogen functional groups attached to an aromatic ring is 1. The van der Waals surface area contributed by atoms with Crippen molar-refractivity contribution >= 4 is 23.0 Å². The second kappa shape index (κ2) is 13.6. The Kier molecular flexibility index (Phi) is 9.94. The number of aryl methyl sites for hydroxylation is 1. The van der Waals surface area contributed by atoms with E-state index in [1.165, 1.54) is 0 Å². The first kappa shape index (κ1) is 28.6. The fourth-order valence-corrected chi connectivity index (χ4v) is 5.19. The van der Waals surface area contributed by atoms with Gasteiger partial charge in [0.25, 0.3) is 0 Å². The first-order valence-electron chi connectivity index (χ1n) is 13.9. The van der Waals surface area contributed by atoms with E-state index in [4.69, 9.17) is 10.5 Å². The molecule has 0 spiro atoms. The number of aliphatic carboxylic acids is 1. The molecule has 1 saturated heterocycles. The standard InChI is InChI=1S/C28H41N7O4/c1-3-4-16-39-27-31-25(29)24-26(32-27)35(28(38)30-24)13-6-5-12-34(22-10-14-33(2)15-11-22)19-21-9-7-8-20(17-21)18-23(36)37/h7-9,17,22H,3-6,10-16,18-19H2,1-2H3,(H,30,38)(H,36,37)(H2,29,31,32). The Balaban J connectivity index is 1.42.